The molecule has 0 aliphatic carbocycles. The van der Waals surface area contributed by atoms with Gasteiger partial charge in [0.2, 0.25) is 5.91 Å². The van der Waals surface area contributed by atoms with E-state index in [1.54, 1.807) is 18.2 Å². The highest BCUT2D eigenvalue weighted by atomic mass is 35.5. The molecule has 0 fully saturated rings. The number of fused-ring (bicyclic) bond motifs is 1. The number of alkyl halides is 3. The number of nitrogens with zero attached hydrogens (tertiary/aromatic N) is 2. The molecule has 0 saturated heterocycles. The lowest BCUT2D eigenvalue weighted by molar-refractivity contribution is -0.137. The molecule has 1 N–H and O–H groups in total. The van der Waals surface area contributed by atoms with Gasteiger partial charge >= 0.3 is 6.18 Å². The second-order valence-electron chi connectivity index (χ2n) is 7.67. The molecule has 9 heteroatoms. The second kappa shape index (κ2) is 9.16. The standard InChI is InChI=1S/C23H21ClF3N3O2/c1-13(2)20-11-16(15-6-4-5-7-19(15)29-20)22(32)30(3)12-21(31)28-14-8-9-18(24)17(10-14)23(25,26)27/h4-11,13H,12H2,1-3H3,(H,28,31). The molecule has 0 radical (unpaired) electrons. The van der Waals surface area contributed by atoms with E-state index in [1.165, 1.54) is 18.0 Å². The van der Waals surface area contributed by atoms with Crippen LogP contribution in [0.15, 0.2) is 48.5 Å². The van der Waals surface area contributed by atoms with E-state index in [0.717, 1.165) is 17.8 Å². The fourth-order valence-electron chi connectivity index (χ4n) is 3.18. The first kappa shape index (κ1) is 23.5. The van der Waals surface area contributed by atoms with Gasteiger partial charge in [-0.25, -0.2) is 0 Å². The maximum Gasteiger partial charge on any atom is 0.417 e. The number of hydrogen-bond acceptors (Lipinski definition) is 3. The van der Waals surface area contributed by atoms with Crippen LogP contribution >= 0.6 is 11.6 Å². The molecule has 0 aliphatic heterocycles. The summed E-state index contributed by atoms with van der Waals surface area (Å²) in [6, 6.07) is 12.0. The van der Waals surface area contributed by atoms with Gasteiger partial charge in [-0.1, -0.05) is 43.6 Å². The lowest BCUT2D eigenvalue weighted by atomic mass is 10.0. The highest BCUT2D eigenvalue weighted by molar-refractivity contribution is 6.31. The average Bonchev–Trinajstić information content (AvgIpc) is 2.72. The predicted molar refractivity (Wildman–Crippen MR) is 118 cm³/mol. The molecule has 2 aromatic carbocycles. The van der Waals surface area contributed by atoms with Crippen LogP contribution < -0.4 is 5.32 Å². The van der Waals surface area contributed by atoms with E-state index in [1.807, 2.05) is 26.0 Å². The summed E-state index contributed by atoms with van der Waals surface area (Å²) in [6.45, 7) is 3.57. The Kier molecular flexibility index (Phi) is 6.74. The van der Waals surface area contributed by atoms with Crippen molar-refractivity contribution < 1.29 is 22.8 Å². The zero-order chi connectivity index (χ0) is 23.6. The Morgan fingerprint density at radius 3 is 2.47 bits per heavy atom. The van der Waals surface area contributed by atoms with Crippen molar-refractivity contribution in [3.63, 3.8) is 0 Å². The normalized spacial score (nSPS) is 11.6. The maximum atomic E-state index is 13.1. The molecule has 0 atom stereocenters. The molecule has 3 aromatic rings. The van der Waals surface area contributed by atoms with Crippen LogP contribution in [0.1, 0.15) is 41.4 Å². The van der Waals surface area contributed by atoms with Gasteiger partial charge in [-0.05, 0) is 36.2 Å². The largest absolute Gasteiger partial charge is 0.417 e. The van der Waals surface area contributed by atoms with E-state index >= 15 is 0 Å². The Labute approximate surface area is 188 Å². The number of nitrogens with one attached hydrogen (secondary N) is 1. The monoisotopic (exact) mass is 463 g/mol. The van der Waals surface area contributed by atoms with Gasteiger partial charge in [-0.15, -0.1) is 0 Å². The first-order valence-electron chi connectivity index (χ1n) is 9.79. The van der Waals surface area contributed by atoms with Crippen molar-refractivity contribution in [1.29, 1.82) is 0 Å². The van der Waals surface area contributed by atoms with Gasteiger partial charge in [0.15, 0.2) is 0 Å². The fourth-order valence-corrected chi connectivity index (χ4v) is 3.41. The third kappa shape index (κ3) is 5.19. The summed E-state index contributed by atoms with van der Waals surface area (Å²) in [5, 5.41) is 2.57. The minimum atomic E-state index is -4.65. The van der Waals surface area contributed by atoms with Gasteiger partial charge in [-0.2, -0.15) is 13.2 Å². The second-order valence-corrected chi connectivity index (χ2v) is 8.08. The van der Waals surface area contributed by atoms with E-state index in [9.17, 15) is 22.8 Å². The minimum absolute atomic E-state index is 0.0657. The van der Waals surface area contributed by atoms with Crippen LogP contribution in [0.3, 0.4) is 0 Å². The molecule has 0 bridgehead atoms. The lowest BCUT2D eigenvalue weighted by Crippen LogP contribution is -2.35. The maximum absolute atomic E-state index is 13.1. The molecule has 0 saturated carbocycles. The number of carbonyl (C=O) groups excluding carboxylic acids is 2. The van der Waals surface area contributed by atoms with Crippen LogP contribution in [-0.2, 0) is 11.0 Å². The number of benzene rings is 2. The summed E-state index contributed by atoms with van der Waals surface area (Å²) in [5.41, 5.74) is 0.696. The van der Waals surface area contributed by atoms with Crippen molar-refractivity contribution >= 4 is 40.0 Å². The van der Waals surface area contributed by atoms with Crippen molar-refractivity contribution in [1.82, 2.24) is 9.88 Å². The molecule has 1 aromatic heterocycles. The van der Waals surface area contributed by atoms with Crippen molar-refractivity contribution in [3.8, 4) is 0 Å². The van der Waals surface area contributed by atoms with E-state index in [-0.39, 0.29) is 18.2 Å². The van der Waals surface area contributed by atoms with Crippen LogP contribution in [0.5, 0.6) is 0 Å². The molecule has 32 heavy (non-hydrogen) atoms. The third-order valence-corrected chi connectivity index (χ3v) is 5.17. The lowest BCUT2D eigenvalue weighted by Gasteiger charge is -2.19. The fraction of sp³-hybridized carbons (Fsp3) is 0.261. The molecule has 0 spiro atoms. The van der Waals surface area contributed by atoms with Crippen LogP contribution in [0.2, 0.25) is 5.02 Å². The van der Waals surface area contributed by atoms with Crippen molar-refractivity contribution in [2.75, 3.05) is 18.9 Å². The highest BCUT2D eigenvalue weighted by Gasteiger charge is 2.33. The van der Waals surface area contributed by atoms with Gasteiger partial charge in [0.1, 0.15) is 0 Å². The first-order valence-corrected chi connectivity index (χ1v) is 10.2. The number of amides is 2. The van der Waals surface area contributed by atoms with Crippen LogP contribution in [0, 0.1) is 0 Å². The molecule has 0 aliphatic rings. The van der Waals surface area contributed by atoms with Crippen molar-refractivity contribution in [2.24, 2.45) is 0 Å². The summed E-state index contributed by atoms with van der Waals surface area (Å²) < 4.78 is 39.1. The Hall–Kier alpha value is -3.13. The predicted octanol–water partition coefficient (Wildman–Crippen LogP) is 5.74. The Balaban J connectivity index is 1.80. The van der Waals surface area contributed by atoms with Gasteiger partial charge in [0.25, 0.3) is 5.91 Å². The van der Waals surface area contributed by atoms with Crippen molar-refractivity contribution in [2.45, 2.75) is 25.9 Å². The SMILES string of the molecule is CC(C)c1cc(C(=O)N(C)CC(=O)Nc2ccc(Cl)c(C(F)(F)F)c2)c2ccccc2n1. The van der Waals surface area contributed by atoms with Gasteiger partial charge in [0.05, 0.1) is 28.2 Å². The van der Waals surface area contributed by atoms with Gasteiger partial charge in [-0.3, -0.25) is 14.6 Å². The number of likely N-dealkylation sites (N-methyl/N-ethyl adjacent to an activating group) is 1. The van der Waals surface area contributed by atoms with Gasteiger partial charge < -0.3 is 10.2 Å². The zero-order valence-electron chi connectivity index (χ0n) is 17.6. The van der Waals surface area contributed by atoms with Crippen LogP contribution in [0.4, 0.5) is 18.9 Å². The van der Waals surface area contributed by atoms with E-state index < -0.39 is 28.6 Å². The minimum Gasteiger partial charge on any atom is -0.332 e. The average molecular weight is 464 g/mol. The highest BCUT2D eigenvalue weighted by Crippen LogP contribution is 2.36. The van der Waals surface area contributed by atoms with Gasteiger partial charge in [0, 0.05) is 23.8 Å². The molecule has 2 amide bonds. The van der Waals surface area contributed by atoms with E-state index in [4.69, 9.17) is 11.6 Å². The van der Waals surface area contributed by atoms with Crippen molar-refractivity contribution in [3.05, 3.63) is 70.4 Å². The molecule has 1 heterocycles. The molecule has 5 nitrogen and oxygen atoms in total. The summed E-state index contributed by atoms with van der Waals surface area (Å²) in [7, 11) is 1.45. The molecule has 0 unspecified atom stereocenters. The number of rotatable bonds is 5. The first-order chi connectivity index (χ1) is 15.0. The number of hydrogen-bond donors (Lipinski definition) is 1. The number of pyridine rings is 1. The summed E-state index contributed by atoms with van der Waals surface area (Å²) in [4.78, 5) is 31.3. The summed E-state index contributed by atoms with van der Waals surface area (Å²) >= 11 is 5.60. The number of carbonyl (C=O) groups is 2. The number of anilines is 1. The quantitative estimate of drug-likeness (QED) is 0.524. The molecule has 168 valence electrons. The molecular weight excluding hydrogens is 443 g/mol. The van der Waals surface area contributed by atoms with Crippen LogP contribution in [0.25, 0.3) is 10.9 Å². The number of para-hydroxylation sites is 1. The number of halogens is 4. The van der Waals surface area contributed by atoms with Crippen LogP contribution in [-0.4, -0.2) is 35.3 Å². The smallest absolute Gasteiger partial charge is 0.332 e. The third-order valence-electron chi connectivity index (χ3n) is 4.84. The topological polar surface area (TPSA) is 62.3 Å². The Bertz CT molecular complexity index is 1180. The van der Waals surface area contributed by atoms with E-state index in [0.29, 0.717) is 16.5 Å². The Morgan fingerprint density at radius 2 is 1.81 bits per heavy atom. The van der Waals surface area contributed by atoms with E-state index in [2.05, 4.69) is 10.3 Å². The summed E-state index contributed by atoms with van der Waals surface area (Å²) in [5.74, 6) is -0.945. The number of aromatic nitrogens is 1. The summed E-state index contributed by atoms with van der Waals surface area (Å²) in [6.07, 6.45) is -4.65. The molecule has 3 rings (SSSR count). The zero-order valence-corrected chi connectivity index (χ0v) is 18.4. The Morgan fingerprint density at radius 1 is 1.12 bits per heavy atom. The molecular formula is C23H21ClF3N3O2.